The van der Waals surface area contributed by atoms with Crippen molar-refractivity contribution in [3.05, 3.63) is 11.9 Å². The number of hydrogen-bond donors (Lipinski definition) is 3. The Labute approximate surface area is 124 Å². The average molecular weight is 296 g/mol. The number of amides is 3. The molecule has 21 heavy (non-hydrogen) atoms. The van der Waals surface area contributed by atoms with Crippen molar-refractivity contribution >= 4 is 11.9 Å². The van der Waals surface area contributed by atoms with Crippen molar-refractivity contribution in [2.45, 2.75) is 46.8 Å². The summed E-state index contributed by atoms with van der Waals surface area (Å²) in [7, 11) is 0. The van der Waals surface area contributed by atoms with Crippen LogP contribution < -0.4 is 16.0 Å². The molecule has 1 rings (SSSR count). The molecule has 0 atom stereocenters. The predicted molar refractivity (Wildman–Crippen MR) is 78.4 cm³/mol. The Balaban J connectivity index is 2.36. The van der Waals surface area contributed by atoms with Crippen molar-refractivity contribution < 1.29 is 9.59 Å². The minimum absolute atomic E-state index is 0.0252. The molecule has 0 unspecified atom stereocenters. The third-order valence-corrected chi connectivity index (χ3v) is 2.42. The largest absolute Gasteiger partial charge is 0.336 e. The Morgan fingerprint density at radius 1 is 1.29 bits per heavy atom. The fraction of sp³-hybridized carbons (Fsp3) is 0.692. The number of aromatic nitrogens is 3. The van der Waals surface area contributed by atoms with Crippen LogP contribution in [-0.4, -0.2) is 39.5 Å². The molecular formula is C13H24N6O2. The van der Waals surface area contributed by atoms with E-state index >= 15 is 0 Å². The van der Waals surface area contributed by atoms with Gasteiger partial charge in [-0.25, -0.2) is 9.48 Å². The smallest absolute Gasteiger partial charge is 0.321 e. The molecule has 0 radical (unpaired) electrons. The molecular weight excluding hydrogens is 272 g/mol. The highest BCUT2D eigenvalue weighted by Crippen LogP contribution is 1.94. The molecule has 3 N–H and O–H groups in total. The van der Waals surface area contributed by atoms with E-state index in [1.807, 2.05) is 13.8 Å². The zero-order valence-corrected chi connectivity index (χ0v) is 13.0. The van der Waals surface area contributed by atoms with Crippen molar-refractivity contribution in [3.63, 3.8) is 0 Å². The lowest BCUT2D eigenvalue weighted by Gasteiger charge is -2.08. The summed E-state index contributed by atoms with van der Waals surface area (Å²) >= 11 is 0. The first-order valence-electron chi connectivity index (χ1n) is 7.07. The van der Waals surface area contributed by atoms with E-state index in [0.717, 1.165) is 12.2 Å². The summed E-state index contributed by atoms with van der Waals surface area (Å²) in [4.78, 5) is 23.0. The number of carbonyl (C=O) groups is 2. The molecule has 8 heteroatoms. The lowest BCUT2D eigenvalue weighted by atomic mass is 10.2. The second kappa shape index (κ2) is 8.35. The van der Waals surface area contributed by atoms with Gasteiger partial charge in [0.25, 0.3) is 0 Å². The van der Waals surface area contributed by atoms with E-state index in [1.54, 1.807) is 6.20 Å². The molecule has 118 valence electrons. The van der Waals surface area contributed by atoms with Crippen molar-refractivity contribution in [3.8, 4) is 0 Å². The molecule has 1 aromatic heterocycles. The van der Waals surface area contributed by atoms with Crippen LogP contribution in [0, 0.1) is 5.92 Å². The fourth-order valence-corrected chi connectivity index (χ4v) is 1.60. The van der Waals surface area contributed by atoms with Crippen LogP contribution >= 0.6 is 0 Å². The van der Waals surface area contributed by atoms with E-state index in [2.05, 4.69) is 40.1 Å². The van der Waals surface area contributed by atoms with Crippen LogP contribution in [0.1, 0.15) is 33.4 Å². The standard InChI is InChI=1S/C13H24N6O2/c1-9(2)5-14-6-11-7-19(18-17-11)8-12(20)16-13(21)15-10(3)4/h7,9-10,14H,5-6,8H2,1-4H3,(H2,15,16,20,21). The summed E-state index contributed by atoms with van der Waals surface area (Å²) in [5.74, 6) is 0.130. The Kier molecular flexibility index (Phi) is 6.80. The van der Waals surface area contributed by atoms with Crippen LogP contribution in [-0.2, 0) is 17.9 Å². The number of imide groups is 1. The monoisotopic (exact) mass is 296 g/mol. The molecule has 3 amide bonds. The van der Waals surface area contributed by atoms with E-state index in [4.69, 9.17) is 0 Å². The molecule has 0 spiro atoms. The second-order valence-corrected chi connectivity index (χ2v) is 5.61. The molecule has 8 nitrogen and oxygen atoms in total. The van der Waals surface area contributed by atoms with Crippen LogP contribution in [0.25, 0.3) is 0 Å². The quantitative estimate of drug-likeness (QED) is 0.670. The maximum atomic E-state index is 11.6. The van der Waals surface area contributed by atoms with Gasteiger partial charge in [0.1, 0.15) is 6.54 Å². The van der Waals surface area contributed by atoms with E-state index in [-0.39, 0.29) is 12.6 Å². The minimum atomic E-state index is -0.506. The van der Waals surface area contributed by atoms with Gasteiger partial charge in [-0.15, -0.1) is 5.10 Å². The maximum Gasteiger partial charge on any atom is 0.321 e. The summed E-state index contributed by atoms with van der Waals surface area (Å²) in [5.41, 5.74) is 0.759. The van der Waals surface area contributed by atoms with Crippen molar-refractivity contribution in [2.24, 2.45) is 5.92 Å². The Morgan fingerprint density at radius 3 is 2.62 bits per heavy atom. The van der Waals surface area contributed by atoms with Gasteiger partial charge in [-0.1, -0.05) is 19.1 Å². The van der Waals surface area contributed by atoms with E-state index in [9.17, 15) is 9.59 Å². The van der Waals surface area contributed by atoms with Gasteiger partial charge in [-0.05, 0) is 26.3 Å². The van der Waals surface area contributed by atoms with Gasteiger partial charge < -0.3 is 10.6 Å². The highest BCUT2D eigenvalue weighted by molar-refractivity contribution is 5.94. The Hall–Kier alpha value is -1.96. The van der Waals surface area contributed by atoms with Crippen LogP contribution in [0.5, 0.6) is 0 Å². The van der Waals surface area contributed by atoms with Gasteiger partial charge in [0, 0.05) is 12.6 Å². The zero-order valence-electron chi connectivity index (χ0n) is 13.0. The lowest BCUT2D eigenvalue weighted by Crippen LogP contribution is -2.43. The van der Waals surface area contributed by atoms with E-state index in [1.165, 1.54) is 4.68 Å². The Morgan fingerprint density at radius 2 is 2.00 bits per heavy atom. The Bertz CT molecular complexity index is 469. The topological polar surface area (TPSA) is 101 Å². The first-order valence-corrected chi connectivity index (χ1v) is 7.07. The molecule has 0 aliphatic rings. The van der Waals surface area contributed by atoms with Crippen LogP contribution in [0.2, 0.25) is 0 Å². The summed E-state index contributed by atoms with van der Waals surface area (Å²) in [5, 5.41) is 15.9. The number of rotatable bonds is 7. The maximum absolute atomic E-state index is 11.6. The van der Waals surface area contributed by atoms with Gasteiger partial charge >= 0.3 is 6.03 Å². The second-order valence-electron chi connectivity index (χ2n) is 5.61. The summed E-state index contributed by atoms with van der Waals surface area (Å²) in [6, 6.07) is -0.531. The van der Waals surface area contributed by atoms with Crippen LogP contribution in [0.3, 0.4) is 0 Å². The van der Waals surface area contributed by atoms with Gasteiger partial charge in [0.15, 0.2) is 0 Å². The number of nitrogens with one attached hydrogen (secondary N) is 3. The van der Waals surface area contributed by atoms with E-state index < -0.39 is 11.9 Å². The number of carbonyl (C=O) groups excluding carboxylic acids is 2. The molecule has 1 heterocycles. The SMILES string of the molecule is CC(C)CNCc1cn(CC(=O)NC(=O)NC(C)C)nn1. The predicted octanol–water partition coefficient (Wildman–Crippen LogP) is 0.258. The molecule has 0 aromatic carbocycles. The number of hydrogen-bond acceptors (Lipinski definition) is 5. The zero-order chi connectivity index (χ0) is 15.8. The van der Waals surface area contributed by atoms with Gasteiger partial charge in [0.05, 0.1) is 11.9 Å². The molecule has 0 aliphatic heterocycles. The molecule has 0 saturated heterocycles. The van der Waals surface area contributed by atoms with Gasteiger partial charge in [-0.2, -0.15) is 0 Å². The van der Waals surface area contributed by atoms with E-state index in [0.29, 0.717) is 12.5 Å². The molecule has 0 bridgehead atoms. The molecule has 1 aromatic rings. The molecule has 0 aliphatic carbocycles. The molecule has 0 saturated carbocycles. The lowest BCUT2D eigenvalue weighted by molar-refractivity contribution is -0.120. The van der Waals surface area contributed by atoms with Gasteiger partial charge in [0.2, 0.25) is 5.91 Å². The summed E-state index contributed by atoms with van der Waals surface area (Å²) in [6.07, 6.45) is 1.69. The summed E-state index contributed by atoms with van der Waals surface area (Å²) in [6.45, 7) is 9.33. The molecule has 0 fully saturated rings. The van der Waals surface area contributed by atoms with Crippen molar-refractivity contribution in [1.82, 2.24) is 30.9 Å². The fourth-order valence-electron chi connectivity index (χ4n) is 1.60. The highest BCUT2D eigenvalue weighted by atomic mass is 16.2. The summed E-state index contributed by atoms with van der Waals surface area (Å²) < 4.78 is 1.41. The van der Waals surface area contributed by atoms with Crippen LogP contribution in [0.4, 0.5) is 4.79 Å². The van der Waals surface area contributed by atoms with Crippen molar-refractivity contribution in [1.29, 1.82) is 0 Å². The minimum Gasteiger partial charge on any atom is -0.336 e. The first kappa shape index (κ1) is 17.1. The van der Waals surface area contributed by atoms with Crippen molar-refractivity contribution in [2.75, 3.05) is 6.54 Å². The number of urea groups is 1. The highest BCUT2D eigenvalue weighted by Gasteiger charge is 2.10. The first-order chi connectivity index (χ1) is 9.86. The third kappa shape index (κ3) is 7.40. The third-order valence-electron chi connectivity index (χ3n) is 2.42. The van der Waals surface area contributed by atoms with Crippen LogP contribution in [0.15, 0.2) is 6.20 Å². The normalized spacial score (nSPS) is 11.0. The number of nitrogens with zero attached hydrogens (tertiary/aromatic N) is 3. The average Bonchev–Trinajstić information content (AvgIpc) is 2.74. The van der Waals surface area contributed by atoms with Gasteiger partial charge in [-0.3, -0.25) is 10.1 Å².